The maximum atomic E-state index is 6.11. The molecule has 1 spiro atoms. The second kappa shape index (κ2) is 2.71. The van der Waals surface area contributed by atoms with Gasteiger partial charge in [-0.1, -0.05) is 0 Å². The highest BCUT2D eigenvalue weighted by Crippen LogP contribution is 2.48. The molecule has 0 aromatic carbocycles. The van der Waals surface area contributed by atoms with Crippen LogP contribution in [0.3, 0.4) is 0 Å². The average molecular weight is 198 g/mol. The zero-order valence-electron chi connectivity index (χ0n) is 8.91. The van der Waals surface area contributed by atoms with E-state index in [1.54, 1.807) is 0 Å². The van der Waals surface area contributed by atoms with E-state index >= 15 is 0 Å². The Labute approximate surface area is 84.7 Å². The summed E-state index contributed by atoms with van der Waals surface area (Å²) in [5, 5.41) is 0. The van der Waals surface area contributed by atoms with Gasteiger partial charge in [0.15, 0.2) is 5.79 Å². The van der Waals surface area contributed by atoms with Crippen LogP contribution in [0.15, 0.2) is 0 Å². The Morgan fingerprint density at radius 3 is 2.36 bits per heavy atom. The second-order valence-corrected chi connectivity index (χ2v) is 5.23. The van der Waals surface area contributed by atoms with Crippen molar-refractivity contribution in [3.8, 4) is 0 Å². The number of rotatable bonds is 1. The standard InChI is InChI=1S/C11H18O3/c1-10(2)9(8-7-12-8)13-11(14-10)5-3-4-6-11/h8-9H,3-7H2,1-2H3. The summed E-state index contributed by atoms with van der Waals surface area (Å²) in [5.41, 5.74) is -0.175. The van der Waals surface area contributed by atoms with Crippen molar-refractivity contribution in [3.63, 3.8) is 0 Å². The van der Waals surface area contributed by atoms with Crippen LogP contribution < -0.4 is 0 Å². The first kappa shape index (κ1) is 9.13. The molecule has 1 aliphatic carbocycles. The SMILES string of the molecule is CC1(C)OC2(CCCC2)OC1C1CO1. The third-order valence-corrected chi connectivity index (χ3v) is 3.54. The van der Waals surface area contributed by atoms with Crippen molar-refractivity contribution in [2.75, 3.05) is 6.61 Å². The van der Waals surface area contributed by atoms with E-state index in [2.05, 4.69) is 13.8 Å². The summed E-state index contributed by atoms with van der Waals surface area (Å²) in [5.74, 6) is -0.264. The van der Waals surface area contributed by atoms with Gasteiger partial charge < -0.3 is 14.2 Å². The van der Waals surface area contributed by atoms with Crippen molar-refractivity contribution in [1.82, 2.24) is 0 Å². The Kier molecular flexibility index (Phi) is 1.77. The molecular formula is C11H18O3. The number of hydrogen-bond acceptors (Lipinski definition) is 3. The third-order valence-electron chi connectivity index (χ3n) is 3.54. The maximum absolute atomic E-state index is 6.11. The van der Waals surface area contributed by atoms with Crippen LogP contribution in [0, 0.1) is 0 Å². The number of ether oxygens (including phenoxy) is 3. The van der Waals surface area contributed by atoms with Crippen LogP contribution in [0.1, 0.15) is 39.5 Å². The molecule has 0 amide bonds. The molecule has 0 N–H and O–H groups in total. The van der Waals surface area contributed by atoms with E-state index in [4.69, 9.17) is 14.2 Å². The van der Waals surface area contributed by atoms with Crippen LogP contribution in [-0.2, 0) is 14.2 Å². The van der Waals surface area contributed by atoms with Crippen molar-refractivity contribution < 1.29 is 14.2 Å². The Morgan fingerprint density at radius 1 is 1.14 bits per heavy atom. The topological polar surface area (TPSA) is 31.0 Å². The lowest BCUT2D eigenvalue weighted by atomic mass is 10.00. The monoisotopic (exact) mass is 198 g/mol. The minimum atomic E-state index is -0.264. The molecule has 2 aliphatic heterocycles. The number of epoxide rings is 1. The summed E-state index contributed by atoms with van der Waals surface area (Å²) in [6.07, 6.45) is 4.99. The Morgan fingerprint density at radius 2 is 1.79 bits per heavy atom. The van der Waals surface area contributed by atoms with Crippen LogP contribution in [0.4, 0.5) is 0 Å². The summed E-state index contributed by atoms with van der Waals surface area (Å²) in [6.45, 7) is 5.08. The molecule has 3 rings (SSSR count). The predicted octanol–water partition coefficient (Wildman–Crippen LogP) is 1.85. The molecule has 2 unspecified atom stereocenters. The summed E-state index contributed by atoms with van der Waals surface area (Å²) in [6, 6.07) is 0. The normalized spacial score (nSPS) is 43.3. The molecule has 2 saturated heterocycles. The Balaban J connectivity index is 1.81. The molecular weight excluding hydrogens is 180 g/mol. The first-order valence-electron chi connectivity index (χ1n) is 5.61. The minimum absolute atomic E-state index is 0.139. The average Bonchev–Trinajstić information content (AvgIpc) is 2.79. The Bertz CT molecular complexity index is 239. The summed E-state index contributed by atoms with van der Waals surface area (Å²) in [7, 11) is 0. The fraction of sp³-hybridized carbons (Fsp3) is 1.00. The lowest BCUT2D eigenvalue weighted by molar-refractivity contribution is -0.180. The molecule has 0 radical (unpaired) electrons. The van der Waals surface area contributed by atoms with E-state index in [0.29, 0.717) is 0 Å². The van der Waals surface area contributed by atoms with Gasteiger partial charge in [0.05, 0.1) is 12.2 Å². The molecule has 2 atom stereocenters. The van der Waals surface area contributed by atoms with Crippen molar-refractivity contribution >= 4 is 0 Å². The predicted molar refractivity (Wildman–Crippen MR) is 51.0 cm³/mol. The van der Waals surface area contributed by atoms with Crippen LogP contribution in [0.25, 0.3) is 0 Å². The minimum Gasteiger partial charge on any atom is -0.370 e. The van der Waals surface area contributed by atoms with Gasteiger partial charge in [0.2, 0.25) is 0 Å². The van der Waals surface area contributed by atoms with Crippen molar-refractivity contribution in [1.29, 1.82) is 0 Å². The van der Waals surface area contributed by atoms with E-state index in [9.17, 15) is 0 Å². The zero-order chi connectivity index (χ0) is 9.81. The molecule has 0 bridgehead atoms. The van der Waals surface area contributed by atoms with Crippen LogP contribution >= 0.6 is 0 Å². The molecule has 2 heterocycles. The highest BCUT2D eigenvalue weighted by Gasteiger charge is 2.58. The lowest BCUT2D eigenvalue weighted by Crippen LogP contribution is -2.37. The van der Waals surface area contributed by atoms with Gasteiger partial charge in [0, 0.05) is 12.8 Å². The Hall–Kier alpha value is -0.120. The van der Waals surface area contributed by atoms with Crippen LogP contribution in [0.2, 0.25) is 0 Å². The largest absolute Gasteiger partial charge is 0.370 e. The van der Waals surface area contributed by atoms with Gasteiger partial charge in [-0.25, -0.2) is 0 Å². The van der Waals surface area contributed by atoms with Gasteiger partial charge in [-0.2, -0.15) is 0 Å². The molecule has 0 aromatic heterocycles. The maximum Gasteiger partial charge on any atom is 0.169 e. The number of hydrogen-bond donors (Lipinski definition) is 0. The first-order chi connectivity index (χ1) is 6.61. The van der Waals surface area contributed by atoms with Gasteiger partial charge in [0.25, 0.3) is 0 Å². The van der Waals surface area contributed by atoms with Gasteiger partial charge in [0.1, 0.15) is 12.2 Å². The van der Waals surface area contributed by atoms with Gasteiger partial charge in [-0.05, 0) is 26.7 Å². The van der Waals surface area contributed by atoms with E-state index < -0.39 is 0 Å². The van der Waals surface area contributed by atoms with Gasteiger partial charge >= 0.3 is 0 Å². The first-order valence-corrected chi connectivity index (χ1v) is 5.61. The van der Waals surface area contributed by atoms with Crippen LogP contribution in [0.5, 0.6) is 0 Å². The van der Waals surface area contributed by atoms with Crippen molar-refractivity contribution in [2.45, 2.75) is 63.1 Å². The highest BCUT2D eigenvalue weighted by atomic mass is 16.8. The summed E-state index contributed by atoms with van der Waals surface area (Å²) < 4.78 is 17.5. The quantitative estimate of drug-likeness (QED) is 0.602. The van der Waals surface area contributed by atoms with Gasteiger partial charge in [-0.15, -0.1) is 0 Å². The van der Waals surface area contributed by atoms with E-state index in [1.807, 2.05) is 0 Å². The molecule has 0 aromatic rings. The smallest absolute Gasteiger partial charge is 0.169 e. The highest BCUT2D eigenvalue weighted by molar-refractivity contribution is 5.01. The third kappa shape index (κ3) is 1.30. The van der Waals surface area contributed by atoms with E-state index in [-0.39, 0.29) is 23.6 Å². The van der Waals surface area contributed by atoms with E-state index in [1.165, 1.54) is 12.8 Å². The molecule has 1 saturated carbocycles. The van der Waals surface area contributed by atoms with E-state index in [0.717, 1.165) is 19.4 Å². The zero-order valence-corrected chi connectivity index (χ0v) is 8.91. The molecule has 3 heteroatoms. The fourth-order valence-electron chi connectivity index (χ4n) is 2.82. The molecule has 14 heavy (non-hydrogen) atoms. The molecule has 3 nitrogen and oxygen atoms in total. The summed E-state index contributed by atoms with van der Waals surface area (Å²) in [4.78, 5) is 0. The lowest BCUT2D eigenvalue weighted by Gasteiger charge is -2.24. The second-order valence-electron chi connectivity index (χ2n) is 5.23. The molecule has 3 fully saturated rings. The fourth-order valence-corrected chi connectivity index (χ4v) is 2.82. The van der Waals surface area contributed by atoms with Crippen molar-refractivity contribution in [2.24, 2.45) is 0 Å². The summed E-state index contributed by atoms with van der Waals surface area (Å²) >= 11 is 0. The van der Waals surface area contributed by atoms with Gasteiger partial charge in [-0.3, -0.25) is 0 Å². The molecule has 80 valence electrons. The van der Waals surface area contributed by atoms with Crippen LogP contribution in [-0.4, -0.2) is 30.2 Å². The van der Waals surface area contributed by atoms with Crippen molar-refractivity contribution in [3.05, 3.63) is 0 Å². The molecule has 3 aliphatic rings.